The van der Waals surface area contributed by atoms with Gasteiger partial charge in [-0.25, -0.2) is 4.39 Å². The number of halogens is 2. The highest BCUT2D eigenvalue weighted by molar-refractivity contribution is 6.30. The van der Waals surface area contributed by atoms with Crippen LogP contribution in [0.1, 0.15) is 38.5 Å². The summed E-state index contributed by atoms with van der Waals surface area (Å²) < 4.78 is 24.8. The van der Waals surface area contributed by atoms with Crippen LogP contribution in [0.2, 0.25) is 5.02 Å². The van der Waals surface area contributed by atoms with Gasteiger partial charge in [0.1, 0.15) is 24.3 Å². The number of ether oxygens (including phenoxy) is 2. The predicted octanol–water partition coefficient (Wildman–Crippen LogP) is 3.82. The number of rotatable bonds is 9. The Morgan fingerprint density at radius 2 is 2.16 bits per heavy atom. The zero-order valence-electron chi connectivity index (χ0n) is 17.3. The van der Waals surface area contributed by atoms with Crippen molar-refractivity contribution in [2.24, 2.45) is 17.8 Å². The van der Waals surface area contributed by atoms with Crippen molar-refractivity contribution >= 4 is 17.6 Å². The van der Waals surface area contributed by atoms with E-state index in [9.17, 15) is 19.4 Å². The molecule has 6 nitrogen and oxygen atoms in total. The molecule has 1 aromatic rings. The van der Waals surface area contributed by atoms with E-state index in [1.54, 1.807) is 6.08 Å². The Hall–Kier alpha value is -1.67. The molecule has 1 heterocycles. The fourth-order valence-electron chi connectivity index (χ4n) is 4.59. The molecule has 2 fully saturated rings. The van der Waals surface area contributed by atoms with Crippen molar-refractivity contribution in [3.63, 3.8) is 0 Å². The normalized spacial score (nSPS) is 29.5. The number of aliphatic hydroxyl groups is 2. The lowest BCUT2D eigenvalue weighted by Crippen LogP contribution is -2.22. The summed E-state index contributed by atoms with van der Waals surface area (Å²) in [7, 11) is 0. The second-order valence-electron chi connectivity index (χ2n) is 8.51. The van der Waals surface area contributed by atoms with Crippen LogP contribution in [-0.2, 0) is 9.53 Å². The lowest BCUT2D eigenvalue weighted by molar-refractivity contribution is -0.137. The highest BCUT2D eigenvalue weighted by Gasteiger charge is 2.43. The topological polar surface area (TPSA) is 96.2 Å². The molecule has 3 rings (SSSR count). The summed E-state index contributed by atoms with van der Waals surface area (Å²) in [6.45, 7) is 0.534. The molecule has 1 aliphatic heterocycles. The maximum absolute atomic E-state index is 13.4. The monoisotopic (exact) mass is 456 g/mol. The van der Waals surface area contributed by atoms with Crippen molar-refractivity contribution in [1.82, 2.24) is 0 Å². The first-order valence-electron chi connectivity index (χ1n) is 10.8. The summed E-state index contributed by atoms with van der Waals surface area (Å²) in [6, 6.07) is 3.85. The minimum atomic E-state index is -0.913. The third kappa shape index (κ3) is 7.17. The molecule has 0 radical (unpaired) electrons. The molecule has 0 amide bonds. The maximum Gasteiger partial charge on any atom is 0.303 e. The van der Waals surface area contributed by atoms with Gasteiger partial charge in [-0.2, -0.15) is 0 Å². The zero-order chi connectivity index (χ0) is 22.4. The molecule has 1 saturated heterocycles. The molecule has 1 unspecified atom stereocenters. The van der Waals surface area contributed by atoms with Gasteiger partial charge < -0.3 is 24.8 Å². The van der Waals surface area contributed by atoms with Gasteiger partial charge in [0.05, 0.1) is 12.2 Å². The third-order valence-corrected chi connectivity index (χ3v) is 6.38. The molecular weight excluding hydrogens is 427 g/mol. The first-order valence-corrected chi connectivity index (χ1v) is 11.2. The van der Waals surface area contributed by atoms with Crippen LogP contribution in [0.25, 0.3) is 0 Å². The zero-order valence-corrected chi connectivity index (χ0v) is 18.1. The SMILES string of the molecule is O=C(O)CCC[C@H]1CC[C@@H]2[C@@H](/C=C/C(O)COc3cc(F)cc(Cl)c3)[C@H](O)C[C@@H]2OC1. The van der Waals surface area contributed by atoms with Crippen LogP contribution in [0.3, 0.4) is 0 Å². The van der Waals surface area contributed by atoms with E-state index >= 15 is 0 Å². The molecule has 1 aliphatic carbocycles. The minimum absolute atomic E-state index is 0.0306. The van der Waals surface area contributed by atoms with Gasteiger partial charge in [0.2, 0.25) is 0 Å². The van der Waals surface area contributed by atoms with E-state index < -0.39 is 24.0 Å². The van der Waals surface area contributed by atoms with Gasteiger partial charge in [0, 0.05) is 36.5 Å². The standard InChI is InChI=1S/C23H30ClFO6/c24-15-8-16(25)10-18(9-15)30-13-17(26)5-7-19-20-6-4-14(2-1-3-23(28)29)12-31-22(20)11-21(19)27/h5,7-10,14,17,19-22,26-27H,1-4,6,11-13H2,(H,28,29)/b7-5+/t14-,17?,19+,20+,21+,22-/m0/s1. The van der Waals surface area contributed by atoms with Crippen molar-refractivity contribution < 1.29 is 34.0 Å². The lowest BCUT2D eigenvalue weighted by atomic mass is 9.86. The van der Waals surface area contributed by atoms with Crippen molar-refractivity contribution in [3.8, 4) is 5.75 Å². The van der Waals surface area contributed by atoms with E-state index in [0.717, 1.165) is 19.3 Å². The Labute approximate surface area is 186 Å². The number of aliphatic hydroxyl groups excluding tert-OH is 2. The van der Waals surface area contributed by atoms with Crippen LogP contribution in [0.4, 0.5) is 4.39 Å². The summed E-state index contributed by atoms with van der Waals surface area (Å²) >= 11 is 5.80. The summed E-state index contributed by atoms with van der Waals surface area (Å²) in [5.41, 5.74) is 0. The Morgan fingerprint density at radius 3 is 2.90 bits per heavy atom. The van der Waals surface area contributed by atoms with E-state index in [1.807, 2.05) is 6.08 Å². The van der Waals surface area contributed by atoms with Crippen LogP contribution in [0.15, 0.2) is 30.4 Å². The quantitative estimate of drug-likeness (QED) is 0.489. The van der Waals surface area contributed by atoms with Crippen molar-refractivity contribution in [1.29, 1.82) is 0 Å². The maximum atomic E-state index is 13.4. The smallest absolute Gasteiger partial charge is 0.303 e. The highest BCUT2D eigenvalue weighted by atomic mass is 35.5. The van der Waals surface area contributed by atoms with Crippen LogP contribution in [0.5, 0.6) is 5.75 Å². The van der Waals surface area contributed by atoms with E-state index in [4.69, 9.17) is 26.2 Å². The average Bonchev–Trinajstić information content (AvgIpc) is 2.85. The number of carboxylic acids is 1. The highest BCUT2D eigenvalue weighted by Crippen LogP contribution is 2.42. The number of hydrogen-bond donors (Lipinski definition) is 3. The Bertz CT molecular complexity index is 752. The van der Waals surface area contributed by atoms with Gasteiger partial charge in [-0.3, -0.25) is 4.79 Å². The number of carboxylic acid groups (broad SMARTS) is 1. The Kier molecular flexibility index (Phi) is 8.72. The largest absolute Gasteiger partial charge is 0.490 e. The molecule has 0 aromatic heterocycles. The molecule has 3 N–H and O–H groups in total. The molecule has 172 valence electrons. The number of aliphatic carboxylic acids is 1. The Balaban J connectivity index is 1.50. The minimum Gasteiger partial charge on any atom is -0.490 e. The first kappa shape index (κ1) is 24.0. The van der Waals surface area contributed by atoms with Crippen LogP contribution in [0, 0.1) is 23.6 Å². The van der Waals surface area contributed by atoms with Crippen molar-refractivity contribution in [2.45, 2.75) is 56.8 Å². The van der Waals surface area contributed by atoms with E-state index in [1.165, 1.54) is 18.2 Å². The van der Waals surface area contributed by atoms with E-state index in [2.05, 4.69) is 0 Å². The van der Waals surface area contributed by atoms with Crippen molar-refractivity contribution in [3.05, 3.63) is 41.2 Å². The average molecular weight is 457 g/mol. The Morgan fingerprint density at radius 1 is 1.35 bits per heavy atom. The second-order valence-corrected chi connectivity index (χ2v) is 8.95. The molecule has 1 saturated carbocycles. The summed E-state index contributed by atoms with van der Waals surface area (Å²) in [4.78, 5) is 10.7. The fourth-order valence-corrected chi connectivity index (χ4v) is 4.80. The van der Waals surface area contributed by atoms with Gasteiger partial charge in [-0.1, -0.05) is 23.8 Å². The predicted molar refractivity (Wildman–Crippen MR) is 114 cm³/mol. The summed E-state index contributed by atoms with van der Waals surface area (Å²) in [6.07, 6.45) is 5.98. The van der Waals surface area contributed by atoms with E-state index in [-0.39, 0.29) is 41.7 Å². The molecule has 8 heteroatoms. The lowest BCUT2D eigenvalue weighted by Gasteiger charge is -2.21. The molecule has 31 heavy (non-hydrogen) atoms. The van der Waals surface area contributed by atoms with Gasteiger partial charge >= 0.3 is 5.97 Å². The van der Waals surface area contributed by atoms with Gasteiger partial charge in [-0.15, -0.1) is 0 Å². The van der Waals surface area contributed by atoms with Gasteiger partial charge in [0.25, 0.3) is 0 Å². The van der Waals surface area contributed by atoms with Gasteiger partial charge in [0.15, 0.2) is 0 Å². The molecule has 0 bridgehead atoms. The summed E-state index contributed by atoms with van der Waals surface area (Å²) in [5, 5.41) is 29.8. The second kappa shape index (κ2) is 11.3. The number of fused-ring (bicyclic) bond motifs is 1. The van der Waals surface area contributed by atoms with Gasteiger partial charge in [-0.05, 0) is 49.7 Å². The van der Waals surface area contributed by atoms with Crippen molar-refractivity contribution in [2.75, 3.05) is 13.2 Å². The van der Waals surface area contributed by atoms with Crippen LogP contribution < -0.4 is 4.74 Å². The molecule has 6 atom stereocenters. The van der Waals surface area contributed by atoms with Crippen LogP contribution >= 0.6 is 11.6 Å². The first-order chi connectivity index (χ1) is 14.8. The van der Waals surface area contributed by atoms with E-state index in [0.29, 0.717) is 25.4 Å². The fraction of sp³-hybridized carbons (Fsp3) is 0.609. The number of carbonyl (C=O) groups is 1. The number of hydrogen-bond acceptors (Lipinski definition) is 5. The molecule has 1 aromatic carbocycles. The molecular formula is C23H30ClFO6. The third-order valence-electron chi connectivity index (χ3n) is 6.16. The molecule has 0 spiro atoms. The van der Waals surface area contributed by atoms with Crippen LogP contribution in [-0.4, -0.2) is 52.8 Å². The molecule has 2 aliphatic rings. The number of benzene rings is 1. The summed E-state index contributed by atoms with van der Waals surface area (Å²) in [5.74, 6) is -0.676.